The zero-order chi connectivity index (χ0) is 12.5. The summed E-state index contributed by atoms with van der Waals surface area (Å²) in [6, 6.07) is 3.26. The predicted octanol–water partition coefficient (Wildman–Crippen LogP) is 3.48. The summed E-state index contributed by atoms with van der Waals surface area (Å²) < 4.78 is 36.7. The number of aromatic nitrogens is 1. The molecule has 2 heterocycles. The molecule has 2 aromatic heterocycles. The average Bonchev–Trinajstić information content (AvgIpc) is 2.85. The molecule has 0 spiro atoms. The van der Waals surface area contributed by atoms with E-state index in [0.717, 1.165) is 16.7 Å². The second-order valence-corrected chi connectivity index (χ2v) is 4.77. The van der Waals surface area contributed by atoms with E-state index in [-0.39, 0.29) is 5.13 Å². The van der Waals surface area contributed by atoms with Crippen LogP contribution in [-0.2, 0) is 6.18 Å². The number of alkyl halides is 3. The standard InChI is InChI=1S/C9H5F3N2OS2/c10-9(11,12)6-4-17-8(13-6)14-7(15)5-2-1-3-16-5/h1-4H,(H,13,14,15). The van der Waals surface area contributed by atoms with E-state index in [0.29, 0.717) is 4.88 Å². The lowest BCUT2D eigenvalue weighted by atomic mass is 10.4. The molecule has 0 fully saturated rings. The highest BCUT2D eigenvalue weighted by atomic mass is 32.1. The topological polar surface area (TPSA) is 42.0 Å². The van der Waals surface area contributed by atoms with E-state index in [9.17, 15) is 18.0 Å². The zero-order valence-electron chi connectivity index (χ0n) is 8.12. The van der Waals surface area contributed by atoms with Crippen LogP contribution in [0.3, 0.4) is 0 Å². The first kappa shape index (κ1) is 12.1. The van der Waals surface area contributed by atoms with Gasteiger partial charge in [-0.15, -0.1) is 22.7 Å². The molecule has 8 heteroatoms. The van der Waals surface area contributed by atoms with Gasteiger partial charge in [-0.1, -0.05) is 6.07 Å². The molecule has 2 aromatic rings. The molecule has 0 bridgehead atoms. The smallest absolute Gasteiger partial charge is 0.297 e. The maximum atomic E-state index is 12.2. The van der Waals surface area contributed by atoms with Gasteiger partial charge in [-0.3, -0.25) is 10.1 Å². The zero-order valence-corrected chi connectivity index (χ0v) is 9.75. The molecule has 3 nitrogen and oxygen atoms in total. The molecule has 0 aromatic carbocycles. The minimum Gasteiger partial charge on any atom is -0.297 e. The summed E-state index contributed by atoms with van der Waals surface area (Å²) in [6.45, 7) is 0. The molecule has 0 aliphatic heterocycles. The number of thiophene rings is 1. The van der Waals surface area contributed by atoms with Crippen molar-refractivity contribution in [3.63, 3.8) is 0 Å². The quantitative estimate of drug-likeness (QED) is 0.913. The summed E-state index contributed by atoms with van der Waals surface area (Å²) in [5.74, 6) is -0.455. The fourth-order valence-electron chi connectivity index (χ4n) is 1.03. The molecule has 0 saturated heterocycles. The average molecular weight is 278 g/mol. The molecule has 0 aliphatic rings. The van der Waals surface area contributed by atoms with E-state index in [4.69, 9.17) is 0 Å². The number of thiazole rings is 1. The second-order valence-electron chi connectivity index (χ2n) is 2.97. The summed E-state index contributed by atoms with van der Waals surface area (Å²) in [6.07, 6.45) is -4.48. The Hall–Kier alpha value is -1.41. The number of hydrogen-bond acceptors (Lipinski definition) is 4. The van der Waals surface area contributed by atoms with Gasteiger partial charge in [-0.05, 0) is 11.4 Å². The Morgan fingerprint density at radius 1 is 1.35 bits per heavy atom. The molecule has 17 heavy (non-hydrogen) atoms. The summed E-state index contributed by atoms with van der Waals surface area (Å²) in [4.78, 5) is 15.2. The Labute approximate surface area is 102 Å². The van der Waals surface area contributed by atoms with Gasteiger partial charge in [0.1, 0.15) is 0 Å². The Balaban J connectivity index is 2.10. The maximum Gasteiger partial charge on any atom is 0.434 e. The lowest BCUT2D eigenvalue weighted by Crippen LogP contribution is -2.11. The van der Waals surface area contributed by atoms with E-state index < -0.39 is 17.8 Å². The number of nitrogens with one attached hydrogen (secondary N) is 1. The molecule has 2 rings (SSSR count). The van der Waals surface area contributed by atoms with Gasteiger partial charge < -0.3 is 0 Å². The summed E-state index contributed by atoms with van der Waals surface area (Å²) >= 11 is 1.95. The number of carbonyl (C=O) groups excluding carboxylic acids is 1. The summed E-state index contributed by atoms with van der Waals surface area (Å²) in [5.41, 5.74) is -0.996. The largest absolute Gasteiger partial charge is 0.434 e. The first-order valence-corrected chi connectivity index (χ1v) is 6.10. The molecule has 0 saturated carbocycles. The molecule has 1 N–H and O–H groups in total. The van der Waals surface area contributed by atoms with Crippen LogP contribution in [0.25, 0.3) is 0 Å². The van der Waals surface area contributed by atoms with Crippen molar-refractivity contribution in [2.75, 3.05) is 5.32 Å². The van der Waals surface area contributed by atoms with Crippen molar-refractivity contribution < 1.29 is 18.0 Å². The molecule has 90 valence electrons. The van der Waals surface area contributed by atoms with Gasteiger partial charge in [0.15, 0.2) is 10.8 Å². The third kappa shape index (κ3) is 2.83. The molecule has 0 atom stereocenters. The number of nitrogens with zero attached hydrogens (tertiary/aromatic N) is 1. The van der Waals surface area contributed by atoms with Gasteiger partial charge >= 0.3 is 6.18 Å². The van der Waals surface area contributed by atoms with E-state index in [2.05, 4.69) is 10.3 Å². The van der Waals surface area contributed by atoms with Gasteiger partial charge in [0, 0.05) is 5.38 Å². The van der Waals surface area contributed by atoms with Crippen LogP contribution < -0.4 is 5.32 Å². The predicted molar refractivity (Wildman–Crippen MR) is 59.4 cm³/mol. The fourth-order valence-corrected chi connectivity index (χ4v) is 2.36. The van der Waals surface area contributed by atoms with Crippen LogP contribution in [0.2, 0.25) is 0 Å². The molecule has 0 radical (unpaired) electrons. The monoisotopic (exact) mass is 278 g/mol. The Morgan fingerprint density at radius 2 is 2.12 bits per heavy atom. The Bertz CT molecular complexity index is 519. The number of carbonyl (C=O) groups is 1. The van der Waals surface area contributed by atoms with Crippen molar-refractivity contribution in [1.29, 1.82) is 0 Å². The van der Waals surface area contributed by atoms with Crippen molar-refractivity contribution in [3.05, 3.63) is 33.5 Å². The van der Waals surface area contributed by atoms with E-state index >= 15 is 0 Å². The lowest BCUT2D eigenvalue weighted by molar-refractivity contribution is -0.140. The van der Waals surface area contributed by atoms with Gasteiger partial charge in [0.2, 0.25) is 0 Å². The number of rotatable bonds is 2. The van der Waals surface area contributed by atoms with E-state index in [1.165, 1.54) is 11.3 Å². The molecule has 0 aliphatic carbocycles. The van der Waals surface area contributed by atoms with Crippen molar-refractivity contribution in [1.82, 2.24) is 4.98 Å². The lowest BCUT2D eigenvalue weighted by Gasteiger charge is -2.00. The van der Waals surface area contributed by atoms with E-state index in [1.54, 1.807) is 17.5 Å². The number of anilines is 1. The summed E-state index contributed by atoms with van der Waals surface area (Å²) in [7, 11) is 0. The van der Waals surface area contributed by atoms with Crippen molar-refractivity contribution in [2.45, 2.75) is 6.18 Å². The minimum absolute atomic E-state index is 0.0595. The number of hydrogen-bond donors (Lipinski definition) is 1. The third-order valence-corrected chi connectivity index (χ3v) is 3.39. The first-order chi connectivity index (χ1) is 7.97. The number of halogens is 3. The van der Waals surface area contributed by atoms with Crippen LogP contribution in [-0.4, -0.2) is 10.9 Å². The maximum absolute atomic E-state index is 12.2. The molecule has 1 amide bonds. The van der Waals surface area contributed by atoms with Gasteiger partial charge in [0.05, 0.1) is 4.88 Å². The van der Waals surface area contributed by atoms with Crippen LogP contribution in [0.15, 0.2) is 22.9 Å². The third-order valence-electron chi connectivity index (χ3n) is 1.76. The van der Waals surface area contributed by atoms with Crippen LogP contribution in [0.5, 0.6) is 0 Å². The highest BCUT2D eigenvalue weighted by Crippen LogP contribution is 2.31. The van der Waals surface area contributed by atoms with Gasteiger partial charge in [-0.25, -0.2) is 4.98 Å². The van der Waals surface area contributed by atoms with Crippen LogP contribution in [0.1, 0.15) is 15.4 Å². The van der Waals surface area contributed by atoms with Crippen molar-refractivity contribution >= 4 is 33.7 Å². The SMILES string of the molecule is O=C(Nc1nc(C(F)(F)F)cs1)c1cccs1. The normalized spacial score (nSPS) is 11.5. The highest BCUT2D eigenvalue weighted by molar-refractivity contribution is 7.14. The Morgan fingerprint density at radius 3 is 2.65 bits per heavy atom. The van der Waals surface area contributed by atoms with Gasteiger partial charge in [0.25, 0.3) is 5.91 Å². The molecular weight excluding hydrogens is 273 g/mol. The highest BCUT2D eigenvalue weighted by Gasteiger charge is 2.33. The molecular formula is C9H5F3N2OS2. The van der Waals surface area contributed by atoms with Crippen LogP contribution in [0, 0.1) is 0 Å². The minimum atomic E-state index is -4.48. The van der Waals surface area contributed by atoms with Crippen molar-refractivity contribution in [2.24, 2.45) is 0 Å². The molecule has 0 unspecified atom stereocenters. The Kier molecular flexibility index (Phi) is 3.16. The van der Waals surface area contributed by atoms with Crippen molar-refractivity contribution in [3.8, 4) is 0 Å². The van der Waals surface area contributed by atoms with Gasteiger partial charge in [-0.2, -0.15) is 13.2 Å². The first-order valence-electron chi connectivity index (χ1n) is 4.34. The van der Waals surface area contributed by atoms with Crippen LogP contribution >= 0.6 is 22.7 Å². The second kappa shape index (κ2) is 4.46. The van der Waals surface area contributed by atoms with Crippen LogP contribution in [0.4, 0.5) is 18.3 Å². The fraction of sp³-hybridized carbons (Fsp3) is 0.111. The number of amides is 1. The summed E-state index contributed by atoms with van der Waals surface area (Å²) in [5, 5.41) is 4.83. The van der Waals surface area contributed by atoms with E-state index in [1.807, 2.05) is 0 Å².